The van der Waals surface area contributed by atoms with Crippen LogP contribution in [0.4, 0.5) is 5.69 Å². The lowest BCUT2D eigenvalue weighted by molar-refractivity contribution is -0.135. The molecule has 1 aromatic rings. The van der Waals surface area contributed by atoms with Gasteiger partial charge in [-0.1, -0.05) is 12.1 Å². The van der Waals surface area contributed by atoms with Crippen molar-refractivity contribution in [1.29, 1.82) is 5.26 Å². The predicted octanol–water partition coefficient (Wildman–Crippen LogP) is 3.28. The number of para-hydroxylation sites is 1. The highest BCUT2D eigenvalue weighted by Gasteiger charge is 2.36. The number of nitriles is 1. The van der Waals surface area contributed by atoms with Crippen LogP contribution in [0.2, 0.25) is 0 Å². The normalized spacial score (nSPS) is 20.0. The molecule has 0 spiro atoms. The van der Waals surface area contributed by atoms with E-state index in [1.54, 1.807) is 11.8 Å². The fourth-order valence-corrected chi connectivity index (χ4v) is 3.98. The first kappa shape index (κ1) is 17.8. The first-order valence-electron chi connectivity index (χ1n) is 8.87. The molecular weight excluding hydrogens is 334 g/mol. The number of benzene rings is 1. The zero-order valence-corrected chi connectivity index (χ0v) is 15.1. The van der Waals surface area contributed by atoms with E-state index in [-0.39, 0.29) is 23.7 Å². The van der Waals surface area contributed by atoms with Crippen LogP contribution < -0.4 is 5.32 Å². The lowest BCUT2D eigenvalue weighted by atomic mass is 9.96. The topological polar surface area (TPSA) is 73.2 Å². The van der Waals surface area contributed by atoms with Crippen molar-refractivity contribution in [3.05, 3.63) is 24.3 Å². The van der Waals surface area contributed by atoms with Gasteiger partial charge in [0.2, 0.25) is 11.8 Å². The molecule has 1 heterocycles. The maximum atomic E-state index is 12.7. The van der Waals surface area contributed by atoms with Crippen molar-refractivity contribution in [2.24, 2.45) is 11.8 Å². The number of hydrogen-bond donors (Lipinski definition) is 1. The average molecular weight is 357 g/mol. The van der Waals surface area contributed by atoms with E-state index in [9.17, 15) is 9.59 Å². The molecule has 1 atom stereocenters. The van der Waals surface area contributed by atoms with Crippen LogP contribution in [0.25, 0.3) is 0 Å². The summed E-state index contributed by atoms with van der Waals surface area (Å²) >= 11 is 1.58. The number of piperidine rings is 1. The van der Waals surface area contributed by atoms with Crippen LogP contribution in [0.15, 0.2) is 29.2 Å². The Morgan fingerprint density at radius 2 is 2.04 bits per heavy atom. The molecule has 0 radical (unpaired) electrons. The van der Waals surface area contributed by atoms with Crippen molar-refractivity contribution in [3.8, 4) is 6.07 Å². The van der Waals surface area contributed by atoms with Crippen LogP contribution in [0.3, 0.4) is 0 Å². The molecular formula is C19H23N3O2S. The van der Waals surface area contributed by atoms with Gasteiger partial charge in [-0.15, -0.1) is 11.8 Å². The van der Waals surface area contributed by atoms with Crippen LogP contribution in [0.1, 0.15) is 32.1 Å². The molecule has 3 rings (SSSR count). The monoisotopic (exact) mass is 357 g/mol. The van der Waals surface area contributed by atoms with Gasteiger partial charge in [-0.25, -0.2) is 0 Å². The van der Waals surface area contributed by atoms with Gasteiger partial charge >= 0.3 is 0 Å². The third-order valence-electron chi connectivity index (χ3n) is 4.65. The second-order valence-electron chi connectivity index (χ2n) is 6.64. The Morgan fingerprint density at radius 1 is 1.24 bits per heavy atom. The van der Waals surface area contributed by atoms with Gasteiger partial charge in [0.15, 0.2) is 0 Å². The maximum Gasteiger partial charge on any atom is 0.229 e. The molecule has 1 aliphatic carbocycles. The highest BCUT2D eigenvalue weighted by Crippen LogP contribution is 2.33. The predicted molar refractivity (Wildman–Crippen MR) is 98.1 cm³/mol. The molecule has 25 heavy (non-hydrogen) atoms. The second kappa shape index (κ2) is 8.39. The standard InChI is InChI=1S/C19H23N3O2S/c20-10-4-12-25-17-7-2-1-6-16(17)21-18(23)15-5-3-11-22(13-15)19(24)14-8-9-14/h1-2,6-7,14-15H,3-5,8-9,11-13H2,(H,21,23). The number of rotatable bonds is 6. The molecule has 1 aromatic carbocycles. The Kier molecular flexibility index (Phi) is 5.98. The van der Waals surface area contributed by atoms with E-state index in [4.69, 9.17) is 5.26 Å². The van der Waals surface area contributed by atoms with E-state index in [1.165, 1.54) is 0 Å². The Morgan fingerprint density at radius 3 is 2.80 bits per heavy atom. The summed E-state index contributed by atoms with van der Waals surface area (Å²) in [5.41, 5.74) is 0.793. The van der Waals surface area contributed by atoms with Gasteiger partial charge < -0.3 is 10.2 Å². The number of nitrogens with zero attached hydrogens (tertiary/aromatic N) is 2. The number of likely N-dealkylation sites (tertiary alicyclic amines) is 1. The van der Waals surface area contributed by atoms with Crippen molar-refractivity contribution in [2.75, 3.05) is 24.2 Å². The summed E-state index contributed by atoms with van der Waals surface area (Å²) in [4.78, 5) is 27.8. The molecule has 1 N–H and O–H groups in total. The van der Waals surface area contributed by atoms with Gasteiger partial charge in [0.05, 0.1) is 17.7 Å². The molecule has 0 aromatic heterocycles. The van der Waals surface area contributed by atoms with E-state index in [0.717, 1.165) is 42.8 Å². The first-order valence-corrected chi connectivity index (χ1v) is 9.86. The third kappa shape index (κ3) is 4.76. The zero-order chi connectivity index (χ0) is 17.6. The number of amides is 2. The van der Waals surface area contributed by atoms with Crippen molar-refractivity contribution in [2.45, 2.75) is 37.0 Å². The van der Waals surface area contributed by atoms with Crippen LogP contribution >= 0.6 is 11.8 Å². The Labute approximate surface area is 152 Å². The van der Waals surface area contributed by atoms with E-state index >= 15 is 0 Å². The van der Waals surface area contributed by atoms with Crippen LogP contribution in [0, 0.1) is 23.2 Å². The van der Waals surface area contributed by atoms with Crippen molar-refractivity contribution in [3.63, 3.8) is 0 Å². The Bertz CT molecular complexity index is 681. The molecule has 1 aliphatic heterocycles. The summed E-state index contributed by atoms with van der Waals surface area (Å²) in [6, 6.07) is 9.81. The number of nitrogens with one attached hydrogen (secondary N) is 1. The molecule has 2 fully saturated rings. The fourth-order valence-electron chi connectivity index (χ4n) is 3.12. The van der Waals surface area contributed by atoms with Gasteiger partial charge in [0, 0.05) is 36.1 Å². The average Bonchev–Trinajstić information content (AvgIpc) is 3.48. The molecule has 1 saturated heterocycles. The summed E-state index contributed by atoms with van der Waals surface area (Å²) in [6.07, 6.45) is 4.19. The van der Waals surface area contributed by atoms with E-state index in [1.807, 2.05) is 29.2 Å². The van der Waals surface area contributed by atoms with E-state index in [2.05, 4.69) is 11.4 Å². The first-order chi connectivity index (χ1) is 12.2. The van der Waals surface area contributed by atoms with Crippen molar-refractivity contribution in [1.82, 2.24) is 4.90 Å². The maximum absolute atomic E-state index is 12.7. The highest BCUT2D eigenvalue weighted by atomic mass is 32.2. The quantitative estimate of drug-likeness (QED) is 0.626. The highest BCUT2D eigenvalue weighted by molar-refractivity contribution is 7.99. The summed E-state index contributed by atoms with van der Waals surface area (Å²) in [7, 11) is 0. The SMILES string of the molecule is N#CCCSc1ccccc1NC(=O)C1CCCN(C(=O)C2CC2)C1. The van der Waals surface area contributed by atoms with Gasteiger partial charge in [-0.3, -0.25) is 9.59 Å². The number of thioether (sulfide) groups is 1. The third-order valence-corrected chi connectivity index (χ3v) is 5.72. The Balaban J connectivity index is 1.60. The van der Waals surface area contributed by atoms with E-state index in [0.29, 0.717) is 18.7 Å². The minimum atomic E-state index is -0.145. The minimum absolute atomic E-state index is 0.0124. The number of carbonyl (C=O) groups excluding carboxylic acids is 2. The molecule has 1 saturated carbocycles. The molecule has 6 heteroatoms. The second-order valence-corrected chi connectivity index (χ2v) is 7.78. The fraction of sp³-hybridized carbons (Fsp3) is 0.526. The smallest absolute Gasteiger partial charge is 0.229 e. The molecule has 2 aliphatic rings. The van der Waals surface area contributed by atoms with Gasteiger partial charge in [0.1, 0.15) is 0 Å². The largest absolute Gasteiger partial charge is 0.342 e. The lowest BCUT2D eigenvalue weighted by Crippen LogP contribution is -2.44. The van der Waals surface area contributed by atoms with Gasteiger partial charge in [-0.05, 0) is 37.8 Å². The molecule has 5 nitrogen and oxygen atoms in total. The molecule has 0 bridgehead atoms. The molecule has 132 valence electrons. The summed E-state index contributed by atoms with van der Waals surface area (Å²) in [5.74, 6) is 0.982. The summed E-state index contributed by atoms with van der Waals surface area (Å²) in [6.45, 7) is 1.31. The number of carbonyl (C=O) groups is 2. The lowest BCUT2D eigenvalue weighted by Gasteiger charge is -2.32. The molecule has 1 unspecified atom stereocenters. The summed E-state index contributed by atoms with van der Waals surface area (Å²) < 4.78 is 0. The number of hydrogen-bond acceptors (Lipinski definition) is 4. The minimum Gasteiger partial charge on any atom is -0.342 e. The van der Waals surface area contributed by atoms with Gasteiger partial charge in [-0.2, -0.15) is 5.26 Å². The van der Waals surface area contributed by atoms with Crippen LogP contribution in [-0.2, 0) is 9.59 Å². The zero-order valence-electron chi connectivity index (χ0n) is 14.2. The number of anilines is 1. The molecule has 2 amide bonds. The Hall–Kier alpha value is -2.00. The van der Waals surface area contributed by atoms with Crippen molar-refractivity contribution < 1.29 is 9.59 Å². The van der Waals surface area contributed by atoms with Crippen LogP contribution in [-0.4, -0.2) is 35.6 Å². The van der Waals surface area contributed by atoms with Gasteiger partial charge in [0.25, 0.3) is 0 Å². The van der Waals surface area contributed by atoms with E-state index < -0.39 is 0 Å². The van der Waals surface area contributed by atoms with Crippen LogP contribution in [0.5, 0.6) is 0 Å². The summed E-state index contributed by atoms with van der Waals surface area (Å²) in [5, 5.41) is 11.7. The van der Waals surface area contributed by atoms with Crippen molar-refractivity contribution >= 4 is 29.3 Å².